The molecule has 0 aliphatic rings. The molecule has 5 nitrogen and oxygen atoms in total. The SMILES string of the molecule is CCn1nc(C)c(Cl)c1C(=O)Nc1nc2ccc(F)cc2s1. The molecule has 0 radical (unpaired) electrons. The van der Waals surface area contributed by atoms with Gasteiger partial charge in [-0.25, -0.2) is 9.37 Å². The third-order valence-corrected chi connectivity index (χ3v) is 4.53. The van der Waals surface area contributed by atoms with Crippen LogP contribution in [0.25, 0.3) is 10.2 Å². The predicted molar refractivity (Wildman–Crippen MR) is 85.2 cm³/mol. The van der Waals surface area contributed by atoms with E-state index in [1.165, 1.54) is 23.5 Å². The number of nitrogens with zero attached hydrogens (tertiary/aromatic N) is 3. The molecule has 1 amide bonds. The Hall–Kier alpha value is -1.99. The van der Waals surface area contributed by atoms with E-state index in [9.17, 15) is 9.18 Å². The number of halogens is 2. The van der Waals surface area contributed by atoms with Crippen molar-refractivity contribution in [2.45, 2.75) is 20.4 Å². The standard InChI is InChI=1S/C14H12ClFN4OS/c1-3-20-12(11(15)7(2)19-20)13(21)18-14-17-9-5-4-8(16)6-10(9)22-14/h4-6H,3H2,1-2H3,(H,17,18,21). The lowest BCUT2D eigenvalue weighted by atomic mass is 10.3. The van der Waals surface area contributed by atoms with E-state index in [1.54, 1.807) is 17.7 Å². The predicted octanol–water partition coefficient (Wildman–Crippen LogP) is 3.87. The summed E-state index contributed by atoms with van der Waals surface area (Å²) in [5, 5.41) is 7.62. The van der Waals surface area contributed by atoms with Crippen molar-refractivity contribution in [1.29, 1.82) is 0 Å². The van der Waals surface area contributed by atoms with Crippen molar-refractivity contribution in [3.63, 3.8) is 0 Å². The number of aromatic nitrogens is 3. The molecule has 22 heavy (non-hydrogen) atoms. The number of carbonyl (C=O) groups is 1. The molecule has 0 saturated carbocycles. The number of fused-ring (bicyclic) bond motifs is 1. The second kappa shape index (κ2) is 5.66. The molecule has 2 aromatic heterocycles. The highest BCUT2D eigenvalue weighted by Gasteiger charge is 2.21. The summed E-state index contributed by atoms with van der Waals surface area (Å²) in [7, 11) is 0. The average Bonchev–Trinajstić information content (AvgIpc) is 2.99. The number of thiazole rings is 1. The molecule has 0 unspecified atom stereocenters. The molecule has 0 aliphatic heterocycles. The number of aryl methyl sites for hydroxylation is 2. The summed E-state index contributed by atoms with van der Waals surface area (Å²) in [5.74, 6) is -0.719. The van der Waals surface area contributed by atoms with Gasteiger partial charge in [0.05, 0.1) is 20.9 Å². The number of amides is 1. The minimum atomic E-state index is -0.382. The van der Waals surface area contributed by atoms with Gasteiger partial charge in [-0.05, 0) is 32.0 Å². The van der Waals surface area contributed by atoms with E-state index in [0.717, 1.165) is 0 Å². The minimum absolute atomic E-state index is 0.298. The van der Waals surface area contributed by atoms with Crippen LogP contribution in [0.15, 0.2) is 18.2 Å². The first-order valence-corrected chi connectivity index (χ1v) is 7.79. The molecule has 1 N–H and O–H groups in total. The number of rotatable bonds is 3. The lowest BCUT2D eigenvalue weighted by molar-refractivity contribution is 0.101. The highest BCUT2D eigenvalue weighted by Crippen LogP contribution is 2.28. The summed E-state index contributed by atoms with van der Waals surface area (Å²) < 4.78 is 15.4. The van der Waals surface area contributed by atoms with Gasteiger partial charge in [0.2, 0.25) is 0 Å². The monoisotopic (exact) mass is 338 g/mol. The summed E-state index contributed by atoms with van der Waals surface area (Å²) in [6, 6.07) is 4.29. The second-order valence-electron chi connectivity index (χ2n) is 4.65. The van der Waals surface area contributed by atoms with Gasteiger partial charge < -0.3 is 0 Å². The van der Waals surface area contributed by atoms with Crippen LogP contribution in [0.1, 0.15) is 23.1 Å². The molecule has 0 bridgehead atoms. The van der Waals surface area contributed by atoms with Crippen molar-refractivity contribution < 1.29 is 9.18 Å². The van der Waals surface area contributed by atoms with Crippen LogP contribution in [0.2, 0.25) is 5.02 Å². The van der Waals surface area contributed by atoms with Crippen LogP contribution in [0.5, 0.6) is 0 Å². The first kappa shape index (κ1) is 14.9. The van der Waals surface area contributed by atoms with Crippen LogP contribution in [-0.2, 0) is 6.54 Å². The van der Waals surface area contributed by atoms with Crippen molar-refractivity contribution in [3.05, 3.63) is 40.4 Å². The topological polar surface area (TPSA) is 59.8 Å². The molecular formula is C14H12ClFN4OS. The molecule has 0 atom stereocenters. The zero-order chi connectivity index (χ0) is 15.9. The molecule has 3 rings (SSSR count). The number of hydrogen-bond acceptors (Lipinski definition) is 4. The van der Waals surface area contributed by atoms with E-state index in [-0.39, 0.29) is 11.7 Å². The molecule has 1 aromatic carbocycles. The maximum atomic E-state index is 13.2. The van der Waals surface area contributed by atoms with E-state index < -0.39 is 0 Å². The van der Waals surface area contributed by atoms with Gasteiger partial charge in [-0.3, -0.25) is 14.8 Å². The van der Waals surface area contributed by atoms with E-state index >= 15 is 0 Å². The summed E-state index contributed by atoms with van der Waals surface area (Å²) in [6.07, 6.45) is 0. The number of hydrogen-bond donors (Lipinski definition) is 1. The Morgan fingerprint density at radius 1 is 1.50 bits per heavy atom. The van der Waals surface area contributed by atoms with Crippen LogP contribution in [-0.4, -0.2) is 20.7 Å². The van der Waals surface area contributed by atoms with E-state index in [0.29, 0.717) is 38.3 Å². The molecule has 0 fully saturated rings. The summed E-state index contributed by atoms with van der Waals surface area (Å²) in [6.45, 7) is 4.15. The van der Waals surface area contributed by atoms with Gasteiger partial charge in [-0.2, -0.15) is 5.10 Å². The molecule has 0 spiro atoms. The van der Waals surface area contributed by atoms with Gasteiger partial charge in [-0.15, -0.1) is 0 Å². The molecule has 2 heterocycles. The Morgan fingerprint density at radius 3 is 3.00 bits per heavy atom. The van der Waals surface area contributed by atoms with Gasteiger partial charge >= 0.3 is 0 Å². The Kier molecular flexibility index (Phi) is 3.84. The van der Waals surface area contributed by atoms with E-state index in [4.69, 9.17) is 11.6 Å². The normalized spacial score (nSPS) is 11.1. The van der Waals surface area contributed by atoms with Crippen molar-refractivity contribution in [1.82, 2.24) is 14.8 Å². The van der Waals surface area contributed by atoms with Crippen LogP contribution < -0.4 is 5.32 Å². The average molecular weight is 339 g/mol. The Bertz CT molecular complexity index is 873. The van der Waals surface area contributed by atoms with Crippen molar-refractivity contribution in [2.24, 2.45) is 0 Å². The first-order chi connectivity index (χ1) is 10.5. The summed E-state index contributed by atoms with van der Waals surface area (Å²) in [4.78, 5) is 16.7. The van der Waals surface area contributed by atoms with Gasteiger partial charge in [0, 0.05) is 6.54 Å². The second-order valence-corrected chi connectivity index (χ2v) is 6.06. The molecule has 114 valence electrons. The number of benzene rings is 1. The number of nitrogens with one attached hydrogen (secondary N) is 1. The highest BCUT2D eigenvalue weighted by atomic mass is 35.5. The lowest BCUT2D eigenvalue weighted by Crippen LogP contribution is -2.17. The van der Waals surface area contributed by atoms with Crippen LogP contribution in [0.4, 0.5) is 9.52 Å². The van der Waals surface area contributed by atoms with Crippen molar-refractivity contribution in [2.75, 3.05) is 5.32 Å². The van der Waals surface area contributed by atoms with E-state index in [2.05, 4.69) is 15.4 Å². The van der Waals surface area contributed by atoms with Gasteiger partial charge in [0.25, 0.3) is 5.91 Å². The summed E-state index contributed by atoms with van der Waals surface area (Å²) in [5.41, 5.74) is 1.53. The molecular weight excluding hydrogens is 327 g/mol. The van der Waals surface area contributed by atoms with Gasteiger partial charge in [0.1, 0.15) is 11.5 Å². The molecule has 3 aromatic rings. The smallest absolute Gasteiger partial charge is 0.277 e. The quantitative estimate of drug-likeness (QED) is 0.788. The van der Waals surface area contributed by atoms with E-state index in [1.807, 2.05) is 6.92 Å². The maximum absolute atomic E-state index is 13.2. The van der Waals surface area contributed by atoms with Gasteiger partial charge in [0.15, 0.2) is 5.13 Å². The Morgan fingerprint density at radius 2 is 2.27 bits per heavy atom. The number of carbonyl (C=O) groups excluding carboxylic acids is 1. The largest absolute Gasteiger partial charge is 0.296 e. The van der Waals surface area contributed by atoms with Crippen molar-refractivity contribution in [3.8, 4) is 0 Å². The fourth-order valence-electron chi connectivity index (χ4n) is 2.11. The van der Waals surface area contributed by atoms with Crippen LogP contribution >= 0.6 is 22.9 Å². The number of anilines is 1. The third-order valence-electron chi connectivity index (χ3n) is 3.14. The fourth-order valence-corrected chi connectivity index (χ4v) is 3.22. The zero-order valence-corrected chi connectivity index (χ0v) is 13.4. The minimum Gasteiger partial charge on any atom is -0.296 e. The Balaban J connectivity index is 1.93. The maximum Gasteiger partial charge on any atom is 0.277 e. The van der Waals surface area contributed by atoms with Crippen LogP contribution in [0.3, 0.4) is 0 Å². The Labute approximate surface area is 134 Å². The van der Waals surface area contributed by atoms with Crippen LogP contribution in [0, 0.1) is 12.7 Å². The molecule has 8 heteroatoms. The highest BCUT2D eigenvalue weighted by molar-refractivity contribution is 7.22. The third kappa shape index (κ3) is 2.57. The van der Waals surface area contributed by atoms with Crippen molar-refractivity contribution >= 4 is 44.2 Å². The lowest BCUT2D eigenvalue weighted by Gasteiger charge is -2.04. The zero-order valence-electron chi connectivity index (χ0n) is 11.9. The molecule has 0 aliphatic carbocycles. The van der Waals surface area contributed by atoms with Gasteiger partial charge in [-0.1, -0.05) is 22.9 Å². The summed E-state index contributed by atoms with van der Waals surface area (Å²) >= 11 is 7.35. The fraction of sp³-hybridized carbons (Fsp3) is 0.214. The first-order valence-electron chi connectivity index (χ1n) is 6.60. The molecule has 0 saturated heterocycles.